The molecule has 5 rings (SSSR count). The number of ether oxygens (including phenoxy) is 1. The number of benzene rings is 2. The van der Waals surface area contributed by atoms with Gasteiger partial charge in [-0.05, 0) is 48.1 Å². The fourth-order valence-corrected chi connectivity index (χ4v) is 5.31. The Kier molecular flexibility index (Phi) is 5.73. The number of esters is 1. The highest BCUT2D eigenvalue weighted by molar-refractivity contribution is 6.09. The molecule has 8 heteroatoms. The molecule has 34 heavy (non-hydrogen) atoms. The molecule has 0 aromatic heterocycles. The number of carbonyl (C=O) groups is 4. The van der Waals surface area contributed by atoms with Crippen molar-refractivity contribution in [2.24, 2.45) is 23.7 Å². The van der Waals surface area contributed by atoms with Gasteiger partial charge in [-0.3, -0.25) is 19.3 Å². The molecule has 0 spiro atoms. The van der Waals surface area contributed by atoms with Crippen LogP contribution in [0, 0.1) is 29.5 Å². The second kappa shape index (κ2) is 8.85. The summed E-state index contributed by atoms with van der Waals surface area (Å²) in [6.07, 6.45) is 4.87. The lowest BCUT2D eigenvalue weighted by Crippen LogP contribution is -2.48. The number of allylic oxidation sites excluding steroid dienone is 2. The van der Waals surface area contributed by atoms with Crippen LogP contribution < -0.4 is 5.32 Å². The Morgan fingerprint density at radius 3 is 2.21 bits per heavy atom. The lowest BCUT2D eigenvalue weighted by molar-refractivity contribution is -0.160. The molecule has 2 bridgehead atoms. The van der Waals surface area contributed by atoms with Crippen LogP contribution in [0.15, 0.2) is 66.7 Å². The van der Waals surface area contributed by atoms with Crippen LogP contribution in [0.5, 0.6) is 0 Å². The number of imide groups is 1. The SMILES string of the molecule is O=C(COC(=O)[C@H](Cc1ccccc1)N1C(=O)[C@H]2[C@H](C1=O)[C@H]1C=C[C@H]2C1)Nc1ccc(F)cc1. The van der Waals surface area contributed by atoms with Crippen molar-refractivity contribution in [1.29, 1.82) is 0 Å². The van der Waals surface area contributed by atoms with E-state index < -0.39 is 42.2 Å². The second-order valence-corrected chi connectivity index (χ2v) is 8.91. The molecule has 0 radical (unpaired) electrons. The average molecular weight is 462 g/mol. The fourth-order valence-electron chi connectivity index (χ4n) is 5.31. The van der Waals surface area contributed by atoms with E-state index in [0.29, 0.717) is 5.69 Å². The molecule has 174 valence electrons. The first-order chi connectivity index (χ1) is 16.4. The van der Waals surface area contributed by atoms with Gasteiger partial charge < -0.3 is 10.1 Å². The van der Waals surface area contributed by atoms with E-state index in [9.17, 15) is 23.6 Å². The minimum atomic E-state index is -1.16. The summed E-state index contributed by atoms with van der Waals surface area (Å²) in [5.41, 5.74) is 1.11. The highest BCUT2D eigenvalue weighted by Gasteiger charge is 2.61. The number of hydrogen-bond acceptors (Lipinski definition) is 5. The number of fused-ring (bicyclic) bond motifs is 5. The number of carbonyl (C=O) groups excluding carboxylic acids is 4. The van der Waals surface area contributed by atoms with E-state index in [1.165, 1.54) is 24.3 Å². The zero-order valence-electron chi connectivity index (χ0n) is 18.2. The zero-order valence-corrected chi connectivity index (χ0v) is 18.2. The van der Waals surface area contributed by atoms with Crippen molar-refractivity contribution in [3.8, 4) is 0 Å². The molecule has 1 N–H and O–H groups in total. The van der Waals surface area contributed by atoms with Gasteiger partial charge in [0, 0.05) is 12.1 Å². The molecule has 0 unspecified atom stereocenters. The van der Waals surface area contributed by atoms with Crippen molar-refractivity contribution < 1.29 is 28.3 Å². The number of nitrogens with zero attached hydrogens (tertiary/aromatic N) is 1. The monoisotopic (exact) mass is 462 g/mol. The Bertz CT molecular complexity index is 1130. The Hall–Kier alpha value is -3.81. The van der Waals surface area contributed by atoms with Crippen LogP contribution in [0.3, 0.4) is 0 Å². The van der Waals surface area contributed by atoms with Crippen LogP contribution >= 0.6 is 0 Å². The minimum absolute atomic E-state index is 0.0198. The number of nitrogens with one attached hydrogen (secondary N) is 1. The molecule has 1 saturated carbocycles. The number of rotatable bonds is 7. The number of likely N-dealkylation sites (tertiary alicyclic amines) is 1. The lowest BCUT2D eigenvalue weighted by Gasteiger charge is -2.26. The van der Waals surface area contributed by atoms with Crippen molar-refractivity contribution in [3.05, 3.63) is 78.1 Å². The molecule has 5 atom stereocenters. The van der Waals surface area contributed by atoms with Crippen LogP contribution in [0.4, 0.5) is 10.1 Å². The predicted molar refractivity (Wildman–Crippen MR) is 119 cm³/mol. The zero-order chi connectivity index (χ0) is 23.8. The second-order valence-electron chi connectivity index (χ2n) is 8.91. The predicted octanol–water partition coefficient (Wildman–Crippen LogP) is 2.73. The van der Waals surface area contributed by atoms with Gasteiger partial charge in [-0.1, -0.05) is 42.5 Å². The van der Waals surface area contributed by atoms with Gasteiger partial charge in [-0.25, -0.2) is 9.18 Å². The molecule has 1 saturated heterocycles. The number of halogens is 1. The fraction of sp³-hybridized carbons (Fsp3) is 0.308. The van der Waals surface area contributed by atoms with E-state index in [-0.39, 0.29) is 30.1 Å². The largest absolute Gasteiger partial charge is 0.454 e. The smallest absolute Gasteiger partial charge is 0.330 e. The van der Waals surface area contributed by atoms with E-state index in [0.717, 1.165) is 16.9 Å². The van der Waals surface area contributed by atoms with Gasteiger partial charge in [0.15, 0.2) is 6.61 Å². The van der Waals surface area contributed by atoms with E-state index in [4.69, 9.17) is 4.74 Å². The molecule has 2 fully saturated rings. The highest BCUT2D eigenvalue weighted by Crippen LogP contribution is 2.53. The summed E-state index contributed by atoms with van der Waals surface area (Å²) in [5.74, 6) is -3.40. The molecule has 2 aromatic carbocycles. The van der Waals surface area contributed by atoms with Crippen molar-refractivity contribution in [2.75, 3.05) is 11.9 Å². The first-order valence-corrected chi connectivity index (χ1v) is 11.2. The van der Waals surface area contributed by atoms with E-state index in [2.05, 4.69) is 5.32 Å². The van der Waals surface area contributed by atoms with Gasteiger partial charge in [0.05, 0.1) is 11.8 Å². The third-order valence-electron chi connectivity index (χ3n) is 6.83. The third kappa shape index (κ3) is 4.00. The molecular weight excluding hydrogens is 439 g/mol. The van der Waals surface area contributed by atoms with Crippen LogP contribution in [0.25, 0.3) is 0 Å². The van der Waals surface area contributed by atoms with Crippen LogP contribution in [-0.2, 0) is 30.3 Å². The van der Waals surface area contributed by atoms with Crippen molar-refractivity contribution in [2.45, 2.75) is 18.9 Å². The van der Waals surface area contributed by atoms with Crippen LogP contribution in [-0.4, -0.2) is 41.2 Å². The van der Waals surface area contributed by atoms with E-state index in [1.54, 1.807) is 24.3 Å². The molecule has 2 aromatic rings. The summed E-state index contributed by atoms with van der Waals surface area (Å²) in [6, 6.07) is 13.0. The summed E-state index contributed by atoms with van der Waals surface area (Å²) in [7, 11) is 0. The van der Waals surface area contributed by atoms with Gasteiger partial charge in [0.25, 0.3) is 5.91 Å². The highest BCUT2D eigenvalue weighted by atomic mass is 19.1. The molecular formula is C26H23FN2O5. The molecule has 2 aliphatic carbocycles. The van der Waals surface area contributed by atoms with Gasteiger partial charge in [-0.2, -0.15) is 0 Å². The van der Waals surface area contributed by atoms with E-state index in [1.807, 2.05) is 18.2 Å². The summed E-state index contributed by atoms with van der Waals surface area (Å²) < 4.78 is 18.3. The number of anilines is 1. The maximum Gasteiger partial charge on any atom is 0.330 e. The van der Waals surface area contributed by atoms with Gasteiger partial charge >= 0.3 is 5.97 Å². The van der Waals surface area contributed by atoms with Crippen molar-refractivity contribution in [1.82, 2.24) is 4.90 Å². The first kappa shape index (κ1) is 22.0. The van der Waals surface area contributed by atoms with Crippen molar-refractivity contribution in [3.63, 3.8) is 0 Å². The molecule has 3 aliphatic rings. The summed E-state index contributed by atoms with van der Waals surface area (Å²) >= 11 is 0. The lowest BCUT2D eigenvalue weighted by atomic mass is 9.85. The maximum atomic E-state index is 13.3. The Labute approximate surface area is 195 Å². The van der Waals surface area contributed by atoms with Crippen molar-refractivity contribution >= 4 is 29.4 Å². The van der Waals surface area contributed by atoms with E-state index >= 15 is 0 Å². The van der Waals surface area contributed by atoms with Gasteiger partial charge in [0.2, 0.25) is 11.8 Å². The maximum absolute atomic E-state index is 13.3. The normalized spacial score (nSPS) is 25.4. The molecule has 1 heterocycles. The molecule has 7 nitrogen and oxygen atoms in total. The molecule has 3 amide bonds. The van der Waals surface area contributed by atoms with Gasteiger partial charge in [0.1, 0.15) is 11.9 Å². The van der Waals surface area contributed by atoms with Crippen LogP contribution in [0.1, 0.15) is 12.0 Å². The Balaban J connectivity index is 1.31. The minimum Gasteiger partial charge on any atom is -0.454 e. The third-order valence-corrected chi connectivity index (χ3v) is 6.83. The average Bonchev–Trinajstić information content (AvgIpc) is 3.52. The van der Waals surface area contributed by atoms with Gasteiger partial charge in [-0.15, -0.1) is 0 Å². The first-order valence-electron chi connectivity index (χ1n) is 11.2. The van der Waals surface area contributed by atoms with Crippen LogP contribution in [0.2, 0.25) is 0 Å². The summed E-state index contributed by atoms with van der Waals surface area (Å²) in [6.45, 7) is -0.600. The standard InChI is InChI=1S/C26H23FN2O5/c27-18-8-10-19(11-9-18)28-21(30)14-34-26(33)20(12-15-4-2-1-3-5-15)29-24(31)22-16-6-7-17(13-16)23(22)25(29)32/h1-11,16-17,20,22-23H,12-14H2,(H,28,30)/t16-,17-,20-,22+,23+/m0/s1. The number of hydrogen-bond donors (Lipinski definition) is 1. The topological polar surface area (TPSA) is 92.8 Å². The Morgan fingerprint density at radius 2 is 1.59 bits per heavy atom. The number of amides is 3. The Morgan fingerprint density at radius 1 is 0.971 bits per heavy atom. The summed E-state index contributed by atoms with van der Waals surface area (Å²) in [4.78, 5) is 53.0. The summed E-state index contributed by atoms with van der Waals surface area (Å²) in [5, 5.41) is 2.51. The quantitative estimate of drug-likeness (QED) is 0.388. The molecule has 1 aliphatic heterocycles.